The quantitative estimate of drug-likeness (QED) is 0.541. The number of furan rings is 1. The Labute approximate surface area is 155 Å². The molecule has 0 bridgehead atoms. The van der Waals surface area contributed by atoms with Crippen molar-refractivity contribution in [2.45, 2.75) is 18.9 Å². The molecule has 0 saturated heterocycles. The van der Waals surface area contributed by atoms with Gasteiger partial charge >= 0.3 is 0 Å². The maximum atomic E-state index is 6.24. The molecule has 2 aromatic heterocycles. The second kappa shape index (κ2) is 6.31. The Balaban J connectivity index is 1.39. The van der Waals surface area contributed by atoms with Crippen molar-refractivity contribution >= 4 is 39.0 Å². The van der Waals surface area contributed by atoms with Crippen molar-refractivity contribution in [2.24, 2.45) is 0 Å². The summed E-state index contributed by atoms with van der Waals surface area (Å²) in [6, 6.07) is 14.7. The summed E-state index contributed by atoms with van der Waals surface area (Å²) in [5.41, 5.74) is 5.55. The fraction of sp³-hybridized carbons (Fsp3) is 0.190. The van der Waals surface area contributed by atoms with E-state index in [4.69, 9.17) is 16.0 Å². The zero-order chi connectivity index (χ0) is 17.5. The highest BCUT2D eigenvalue weighted by molar-refractivity contribution is 6.35. The Morgan fingerprint density at radius 2 is 2.15 bits per heavy atom. The number of aromatic amines is 1. The fourth-order valence-electron chi connectivity index (χ4n) is 3.77. The first-order valence-electron chi connectivity index (χ1n) is 8.79. The van der Waals surface area contributed by atoms with Crippen LogP contribution in [0.15, 0.2) is 59.2 Å². The number of nitrogens with one attached hydrogen (secondary N) is 2. The molecule has 130 valence electrons. The molecule has 0 saturated carbocycles. The molecule has 3 heterocycles. The van der Waals surface area contributed by atoms with Gasteiger partial charge in [-0.1, -0.05) is 35.9 Å². The normalized spacial score (nSPS) is 17.7. The molecule has 1 aliphatic heterocycles. The van der Waals surface area contributed by atoms with E-state index in [2.05, 4.69) is 39.8 Å². The number of hydrogen-bond donors (Lipinski definition) is 2. The summed E-state index contributed by atoms with van der Waals surface area (Å²) >= 11 is 6.24. The number of para-hydroxylation sites is 1. The van der Waals surface area contributed by atoms with Crippen molar-refractivity contribution in [3.8, 4) is 0 Å². The van der Waals surface area contributed by atoms with Crippen LogP contribution in [0, 0.1) is 0 Å². The van der Waals surface area contributed by atoms with E-state index < -0.39 is 0 Å². The number of rotatable bonds is 3. The van der Waals surface area contributed by atoms with E-state index >= 15 is 0 Å². The van der Waals surface area contributed by atoms with Gasteiger partial charge in [0.15, 0.2) is 0 Å². The number of aromatic nitrogens is 2. The van der Waals surface area contributed by atoms with Crippen LogP contribution in [0.4, 0.5) is 0 Å². The van der Waals surface area contributed by atoms with Crippen LogP contribution in [0.25, 0.3) is 27.4 Å². The van der Waals surface area contributed by atoms with Gasteiger partial charge in [-0.25, -0.2) is 0 Å². The minimum atomic E-state index is 0.359. The summed E-state index contributed by atoms with van der Waals surface area (Å²) in [5, 5.41) is 14.1. The number of fused-ring (bicyclic) bond motifs is 2. The number of hydrogen-bond acceptors (Lipinski definition) is 3. The molecule has 1 aliphatic rings. The van der Waals surface area contributed by atoms with Crippen molar-refractivity contribution < 1.29 is 4.42 Å². The second-order valence-corrected chi connectivity index (χ2v) is 7.16. The highest BCUT2D eigenvalue weighted by atomic mass is 35.5. The molecule has 1 atom stereocenters. The third kappa shape index (κ3) is 2.71. The zero-order valence-corrected chi connectivity index (χ0v) is 14.9. The molecule has 26 heavy (non-hydrogen) atoms. The maximum Gasteiger partial charge on any atom is 0.133 e. The number of benzene rings is 2. The fourth-order valence-corrected chi connectivity index (χ4v) is 3.99. The Morgan fingerprint density at radius 1 is 1.19 bits per heavy atom. The summed E-state index contributed by atoms with van der Waals surface area (Å²) in [6.07, 6.45) is 5.88. The average Bonchev–Trinajstić information content (AvgIpc) is 3.29. The highest BCUT2D eigenvalue weighted by Crippen LogP contribution is 2.29. The van der Waals surface area contributed by atoms with Gasteiger partial charge in [0.05, 0.1) is 11.3 Å². The predicted molar refractivity (Wildman–Crippen MR) is 105 cm³/mol. The van der Waals surface area contributed by atoms with E-state index in [-0.39, 0.29) is 0 Å². The molecule has 0 fully saturated rings. The lowest BCUT2D eigenvalue weighted by Crippen LogP contribution is -2.34. The molecule has 0 radical (unpaired) electrons. The topological polar surface area (TPSA) is 53.9 Å². The molecule has 0 aliphatic carbocycles. The van der Waals surface area contributed by atoms with E-state index in [0.29, 0.717) is 11.1 Å². The second-order valence-electron chi connectivity index (χ2n) is 6.75. The monoisotopic (exact) mass is 363 g/mol. The van der Waals surface area contributed by atoms with Crippen LogP contribution >= 0.6 is 11.6 Å². The van der Waals surface area contributed by atoms with Gasteiger partial charge < -0.3 is 9.73 Å². The molecule has 1 unspecified atom stereocenters. The van der Waals surface area contributed by atoms with E-state index in [1.165, 1.54) is 11.1 Å². The first-order valence-corrected chi connectivity index (χ1v) is 9.17. The van der Waals surface area contributed by atoms with Crippen molar-refractivity contribution in [1.29, 1.82) is 0 Å². The molecular formula is C21H18ClN3O. The first kappa shape index (κ1) is 15.7. The maximum absolute atomic E-state index is 6.24. The van der Waals surface area contributed by atoms with Crippen molar-refractivity contribution in [3.05, 3.63) is 71.1 Å². The van der Waals surface area contributed by atoms with Gasteiger partial charge in [-0.15, -0.1) is 0 Å². The summed E-state index contributed by atoms with van der Waals surface area (Å²) in [4.78, 5) is 0. The third-order valence-electron chi connectivity index (χ3n) is 5.11. The standard InChI is InChI=1S/C21H18ClN3O/c22-18-3-1-2-17-19(24-25-21(17)18)12-16-11-14(6-8-23-16)13-4-5-20-15(10-13)7-9-26-20/h1-7,9-10,16,23H,8,11-12H2,(H,24,25). The molecule has 2 N–H and O–H groups in total. The zero-order valence-electron chi connectivity index (χ0n) is 14.1. The number of H-pyrrole nitrogens is 1. The van der Waals surface area contributed by atoms with Gasteiger partial charge in [-0.05, 0) is 41.8 Å². The molecule has 0 amide bonds. The number of nitrogens with zero attached hydrogens (tertiary/aromatic N) is 1. The van der Waals surface area contributed by atoms with Gasteiger partial charge in [0.25, 0.3) is 0 Å². The summed E-state index contributed by atoms with van der Waals surface area (Å²) in [7, 11) is 0. The molecule has 2 aromatic carbocycles. The predicted octanol–water partition coefficient (Wildman–Crippen LogP) is 4.95. The molecule has 4 nitrogen and oxygen atoms in total. The average molecular weight is 364 g/mol. The third-order valence-corrected chi connectivity index (χ3v) is 5.41. The molecule has 5 rings (SSSR count). The van der Waals surface area contributed by atoms with Crippen LogP contribution in [0.2, 0.25) is 5.02 Å². The Hall–Kier alpha value is -2.56. The summed E-state index contributed by atoms with van der Waals surface area (Å²) < 4.78 is 5.45. The molecule has 4 aromatic rings. The lowest BCUT2D eigenvalue weighted by atomic mass is 9.92. The van der Waals surface area contributed by atoms with Gasteiger partial charge in [-0.3, -0.25) is 5.10 Å². The Kier molecular flexibility index (Phi) is 3.80. The van der Waals surface area contributed by atoms with Gasteiger partial charge in [0, 0.05) is 35.5 Å². The highest BCUT2D eigenvalue weighted by Gasteiger charge is 2.19. The Morgan fingerprint density at radius 3 is 3.12 bits per heavy atom. The SMILES string of the molecule is Clc1cccc2c(CC3CC(c4ccc5occc5c4)=CCN3)[nH]nc12. The minimum absolute atomic E-state index is 0.359. The van der Waals surface area contributed by atoms with E-state index in [1.54, 1.807) is 6.26 Å². The first-order chi connectivity index (χ1) is 12.8. The summed E-state index contributed by atoms with van der Waals surface area (Å²) in [5.74, 6) is 0. The van der Waals surface area contributed by atoms with Gasteiger partial charge in [-0.2, -0.15) is 5.10 Å². The lowest BCUT2D eigenvalue weighted by molar-refractivity contribution is 0.529. The largest absolute Gasteiger partial charge is 0.464 e. The molecule has 0 spiro atoms. The minimum Gasteiger partial charge on any atom is -0.464 e. The number of halogens is 1. The van der Waals surface area contributed by atoms with Crippen LogP contribution in [-0.2, 0) is 6.42 Å². The van der Waals surface area contributed by atoms with Crippen molar-refractivity contribution in [1.82, 2.24) is 15.5 Å². The van der Waals surface area contributed by atoms with Crippen molar-refractivity contribution in [2.75, 3.05) is 6.54 Å². The van der Waals surface area contributed by atoms with Crippen LogP contribution in [0.3, 0.4) is 0 Å². The Bertz CT molecular complexity index is 1120. The van der Waals surface area contributed by atoms with Crippen LogP contribution in [-0.4, -0.2) is 22.8 Å². The lowest BCUT2D eigenvalue weighted by Gasteiger charge is -2.24. The van der Waals surface area contributed by atoms with Gasteiger partial charge in [0.2, 0.25) is 0 Å². The molecular weight excluding hydrogens is 346 g/mol. The van der Waals surface area contributed by atoms with Crippen LogP contribution in [0.5, 0.6) is 0 Å². The van der Waals surface area contributed by atoms with Crippen LogP contribution < -0.4 is 5.32 Å². The smallest absolute Gasteiger partial charge is 0.133 e. The van der Waals surface area contributed by atoms with E-state index in [0.717, 1.165) is 47.0 Å². The van der Waals surface area contributed by atoms with Crippen molar-refractivity contribution in [3.63, 3.8) is 0 Å². The summed E-state index contributed by atoms with van der Waals surface area (Å²) in [6.45, 7) is 0.871. The van der Waals surface area contributed by atoms with Crippen LogP contribution in [0.1, 0.15) is 17.7 Å². The van der Waals surface area contributed by atoms with E-state index in [9.17, 15) is 0 Å². The van der Waals surface area contributed by atoms with E-state index in [1.807, 2.05) is 24.3 Å². The van der Waals surface area contributed by atoms with Gasteiger partial charge in [0.1, 0.15) is 11.1 Å². The molecule has 5 heteroatoms.